The van der Waals surface area contributed by atoms with E-state index in [0.29, 0.717) is 21.9 Å². The molecule has 3 rings (SSSR count). The third kappa shape index (κ3) is 2.31. The van der Waals surface area contributed by atoms with Crippen LogP contribution in [0.2, 0.25) is 5.02 Å². The molecule has 1 N–H and O–H groups in total. The van der Waals surface area contributed by atoms with Crippen molar-refractivity contribution in [1.82, 2.24) is 9.97 Å². The molecule has 0 saturated heterocycles. The Morgan fingerprint density at radius 1 is 1.16 bits per heavy atom. The molecule has 96 valence electrons. The van der Waals surface area contributed by atoms with Crippen molar-refractivity contribution in [2.24, 2.45) is 0 Å². The van der Waals surface area contributed by atoms with E-state index in [1.54, 1.807) is 6.07 Å². The Labute approximate surface area is 113 Å². The van der Waals surface area contributed by atoms with Crippen molar-refractivity contribution in [3.63, 3.8) is 0 Å². The van der Waals surface area contributed by atoms with E-state index in [1.165, 1.54) is 12.1 Å². The molecule has 0 fully saturated rings. The Hall–Kier alpha value is -1.94. The fraction of sp³-hybridized carbons (Fsp3) is 0.0714. The van der Waals surface area contributed by atoms with E-state index >= 15 is 0 Å². The lowest BCUT2D eigenvalue weighted by Crippen LogP contribution is -1.95. The minimum absolute atomic E-state index is 0.261. The van der Waals surface area contributed by atoms with Gasteiger partial charge in [0, 0.05) is 12.5 Å². The topological polar surface area (TPSA) is 28.7 Å². The maximum atomic E-state index is 13.6. The van der Waals surface area contributed by atoms with Crippen LogP contribution in [0.1, 0.15) is 11.4 Å². The summed E-state index contributed by atoms with van der Waals surface area (Å²) in [6.07, 6.45) is 0.261. The molecule has 0 spiro atoms. The molecule has 0 aliphatic heterocycles. The lowest BCUT2D eigenvalue weighted by molar-refractivity contribution is 0.574. The van der Waals surface area contributed by atoms with E-state index in [-0.39, 0.29) is 6.42 Å². The SMILES string of the molecule is Fc1ccc(Cc2nc3c(Cl)cccc3[nH]2)c(F)c1. The van der Waals surface area contributed by atoms with Crippen LogP contribution in [-0.2, 0) is 6.42 Å². The molecule has 0 bridgehead atoms. The van der Waals surface area contributed by atoms with Crippen molar-refractivity contribution < 1.29 is 8.78 Å². The molecule has 0 unspecified atom stereocenters. The standard InChI is InChI=1S/C14H9ClF2N2/c15-10-2-1-3-12-14(10)19-13(18-12)6-8-4-5-9(16)7-11(8)17/h1-5,7H,6H2,(H,18,19). The van der Waals surface area contributed by atoms with Gasteiger partial charge in [-0.05, 0) is 23.8 Å². The first-order valence-electron chi connectivity index (χ1n) is 5.70. The molecule has 0 amide bonds. The number of aromatic nitrogens is 2. The molecule has 19 heavy (non-hydrogen) atoms. The summed E-state index contributed by atoms with van der Waals surface area (Å²) in [7, 11) is 0. The molecule has 3 aromatic rings. The molecule has 0 saturated carbocycles. The summed E-state index contributed by atoms with van der Waals surface area (Å²) < 4.78 is 26.4. The number of benzene rings is 2. The summed E-state index contributed by atoms with van der Waals surface area (Å²) in [5.41, 5.74) is 1.84. The van der Waals surface area contributed by atoms with Gasteiger partial charge in [0.2, 0.25) is 0 Å². The second kappa shape index (κ2) is 4.63. The summed E-state index contributed by atoms with van der Waals surface area (Å²) in [5.74, 6) is -0.575. The van der Waals surface area contributed by atoms with Crippen molar-refractivity contribution in [1.29, 1.82) is 0 Å². The molecule has 5 heteroatoms. The number of nitrogens with zero attached hydrogens (tertiary/aromatic N) is 1. The highest BCUT2D eigenvalue weighted by atomic mass is 35.5. The smallest absolute Gasteiger partial charge is 0.129 e. The van der Waals surface area contributed by atoms with Crippen molar-refractivity contribution in [3.8, 4) is 0 Å². The van der Waals surface area contributed by atoms with Crippen LogP contribution in [0.3, 0.4) is 0 Å². The van der Waals surface area contributed by atoms with E-state index < -0.39 is 11.6 Å². The third-order valence-electron chi connectivity index (χ3n) is 2.89. The van der Waals surface area contributed by atoms with Gasteiger partial charge in [0.25, 0.3) is 0 Å². The number of aromatic amines is 1. The summed E-state index contributed by atoms with van der Waals surface area (Å²) in [5, 5.41) is 0.541. The second-order valence-corrected chi connectivity index (χ2v) is 4.64. The Morgan fingerprint density at radius 3 is 2.74 bits per heavy atom. The summed E-state index contributed by atoms with van der Waals surface area (Å²) in [6.45, 7) is 0. The molecular weight excluding hydrogens is 270 g/mol. The number of rotatable bonds is 2. The zero-order valence-electron chi connectivity index (χ0n) is 9.75. The fourth-order valence-electron chi connectivity index (χ4n) is 1.98. The first kappa shape index (κ1) is 12.1. The minimum atomic E-state index is -0.589. The second-order valence-electron chi connectivity index (χ2n) is 4.23. The van der Waals surface area contributed by atoms with Crippen molar-refractivity contribution in [3.05, 3.63) is 64.4 Å². The Bertz CT molecular complexity index is 752. The zero-order valence-corrected chi connectivity index (χ0v) is 10.5. The van der Waals surface area contributed by atoms with E-state index in [2.05, 4.69) is 9.97 Å². The van der Waals surface area contributed by atoms with Crippen LogP contribution >= 0.6 is 11.6 Å². The van der Waals surface area contributed by atoms with Crippen LogP contribution in [0.15, 0.2) is 36.4 Å². The molecule has 0 aliphatic rings. The Kier molecular flexibility index (Phi) is 2.95. The van der Waals surface area contributed by atoms with Gasteiger partial charge in [0.05, 0.1) is 10.5 Å². The first-order chi connectivity index (χ1) is 9.13. The number of halogens is 3. The van der Waals surface area contributed by atoms with Gasteiger partial charge in [0.15, 0.2) is 0 Å². The van der Waals surface area contributed by atoms with E-state index in [4.69, 9.17) is 11.6 Å². The van der Waals surface area contributed by atoms with E-state index in [9.17, 15) is 8.78 Å². The third-order valence-corrected chi connectivity index (χ3v) is 3.19. The normalized spacial score (nSPS) is 11.1. The van der Waals surface area contributed by atoms with Crippen LogP contribution in [0, 0.1) is 11.6 Å². The monoisotopic (exact) mass is 278 g/mol. The summed E-state index contributed by atoms with van der Waals surface area (Å²) in [4.78, 5) is 7.39. The minimum Gasteiger partial charge on any atom is -0.342 e. The number of hydrogen-bond acceptors (Lipinski definition) is 1. The van der Waals surface area contributed by atoms with Crippen LogP contribution in [-0.4, -0.2) is 9.97 Å². The number of para-hydroxylation sites is 1. The molecule has 2 aromatic carbocycles. The quantitative estimate of drug-likeness (QED) is 0.751. The molecule has 0 radical (unpaired) electrons. The Morgan fingerprint density at radius 2 is 2.00 bits per heavy atom. The zero-order chi connectivity index (χ0) is 13.4. The predicted octanol–water partition coefficient (Wildman–Crippen LogP) is 4.09. The van der Waals surface area contributed by atoms with Gasteiger partial charge >= 0.3 is 0 Å². The van der Waals surface area contributed by atoms with Gasteiger partial charge < -0.3 is 4.98 Å². The van der Waals surface area contributed by atoms with Gasteiger partial charge in [-0.1, -0.05) is 23.7 Å². The van der Waals surface area contributed by atoms with Crippen molar-refractivity contribution in [2.75, 3.05) is 0 Å². The van der Waals surface area contributed by atoms with Gasteiger partial charge in [-0.25, -0.2) is 13.8 Å². The van der Waals surface area contributed by atoms with Crippen LogP contribution in [0.25, 0.3) is 11.0 Å². The van der Waals surface area contributed by atoms with Crippen molar-refractivity contribution in [2.45, 2.75) is 6.42 Å². The highest BCUT2D eigenvalue weighted by Gasteiger charge is 2.09. The van der Waals surface area contributed by atoms with Crippen molar-refractivity contribution >= 4 is 22.6 Å². The number of imidazole rings is 1. The van der Waals surface area contributed by atoms with Crippen LogP contribution in [0.5, 0.6) is 0 Å². The lowest BCUT2D eigenvalue weighted by Gasteiger charge is -2.00. The number of H-pyrrole nitrogens is 1. The fourth-order valence-corrected chi connectivity index (χ4v) is 2.19. The molecular formula is C14H9ClF2N2. The molecule has 1 heterocycles. The largest absolute Gasteiger partial charge is 0.342 e. The van der Waals surface area contributed by atoms with Crippen LogP contribution in [0.4, 0.5) is 8.78 Å². The highest BCUT2D eigenvalue weighted by Crippen LogP contribution is 2.22. The number of fused-ring (bicyclic) bond motifs is 1. The van der Waals surface area contributed by atoms with E-state index in [1.807, 2.05) is 12.1 Å². The number of hydrogen-bond donors (Lipinski definition) is 1. The molecule has 0 atom stereocenters. The molecule has 1 aromatic heterocycles. The highest BCUT2D eigenvalue weighted by molar-refractivity contribution is 6.34. The Balaban J connectivity index is 1.99. The van der Waals surface area contributed by atoms with Gasteiger partial charge in [-0.3, -0.25) is 0 Å². The average molecular weight is 279 g/mol. The van der Waals surface area contributed by atoms with Gasteiger partial charge in [-0.2, -0.15) is 0 Å². The first-order valence-corrected chi connectivity index (χ1v) is 6.08. The molecule has 0 aliphatic carbocycles. The predicted molar refractivity (Wildman–Crippen MR) is 70.3 cm³/mol. The summed E-state index contributed by atoms with van der Waals surface area (Å²) in [6, 6.07) is 8.91. The number of nitrogens with one attached hydrogen (secondary N) is 1. The maximum absolute atomic E-state index is 13.6. The maximum Gasteiger partial charge on any atom is 0.129 e. The van der Waals surface area contributed by atoms with Gasteiger partial charge in [0.1, 0.15) is 23.0 Å². The lowest BCUT2D eigenvalue weighted by atomic mass is 10.1. The van der Waals surface area contributed by atoms with Gasteiger partial charge in [-0.15, -0.1) is 0 Å². The summed E-state index contributed by atoms with van der Waals surface area (Å²) >= 11 is 6.02. The van der Waals surface area contributed by atoms with E-state index in [0.717, 1.165) is 11.6 Å². The van der Waals surface area contributed by atoms with Crippen LogP contribution < -0.4 is 0 Å². The molecule has 2 nitrogen and oxygen atoms in total. The average Bonchev–Trinajstić information content (AvgIpc) is 2.77.